The van der Waals surface area contributed by atoms with Crippen LogP contribution in [0.1, 0.15) is 82.1 Å². The summed E-state index contributed by atoms with van der Waals surface area (Å²) in [6.45, 7) is 19.8. The van der Waals surface area contributed by atoms with E-state index >= 15 is 0 Å². The lowest BCUT2D eigenvalue weighted by molar-refractivity contribution is 0.430. The Morgan fingerprint density at radius 2 is 0.879 bits per heavy atom. The van der Waals surface area contributed by atoms with Gasteiger partial charge in [-0.05, 0) is 34.1 Å². The summed E-state index contributed by atoms with van der Waals surface area (Å²) < 4.78 is 5.73. The monoisotopic (exact) mass is 450 g/mol. The van der Waals surface area contributed by atoms with Gasteiger partial charge in [0.1, 0.15) is 11.3 Å². The lowest BCUT2D eigenvalue weighted by atomic mass is 9.87. The molecule has 0 N–H and O–H groups in total. The third kappa shape index (κ3) is 8.57. The molecular weight excluding hydrogens is 400 g/mol. The van der Waals surface area contributed by atoms with E-state index < -0.39 is 0 Å². The second kappa shape index (κ2) is 10.9. The highest BCUT2D eigenvalue weighted by Crippen LogP contribution is 2.28. The summed E-state index contributed by atoms with van der Waals surface area (Å²) in [5.41, 5.74) is 4.46. The van der Waals surface area contributed by atoms with E-state index in [1.165, 1.54) is 16.5 Å². The molecule has 0 aliphatic heterocycles. The summed E-state index contributed by atoms with van der Waals surface area (Å²) in [5, 5.41) is 1.19. The van der Waals surface area contributed by atoms with Gasteiger partial charge in [0.15, 0.2) is 0 Å². The fourth-order valence-corrected chi connectivity index (χ4v) is 3.23. The van der Waals surface area contributed by atoms with Gasteiger partial charge in [-0.2, -0.15) is 0 Å². The Balaban J connectivity index is 0.000000488. The lowest BCUT2D eigenvalue weighted by Gasteiger charge is -2.18. The summed E-state index contributed by atoms with van der Waals surface area (Å²) in [6, 6.07) is 31.3. The second-order valence-corrected chi connectivity index (χ2v) is 11.6. The van der Waals surface area contributed by atoms with Crippen LogP contribution in [0.3, 0.4) is 0 Å². The van der Waals surface area contributed by atoms with Crippen molar-refractivity contribution >= 4 is 11.0 Å². The smallest absolute Gasteiger partial charge is 0.134 e. The van der Waals surface area contributed by atoms with Crippen molar-refractivity contribution in [3.05, 3.63) is 108 Å². The third-order valence-electron chi connectivity index (χ3n) is 5.44. The van der Waals surface area contributed by atoms with Crippen LogP contribution in [-0.4, -0.2) is 0 Å². The predicted molar refractivity (Wildman–Crippen MR) is 149 cm³/mol. The van der Waals surface area contributed by atoms with Gasteiger partial charge in [-0.15, -0.1) is 0 Å². The van der Waals surface area contributed by atoms with Crippen LogP contribution in [0.2, 0.25) is 0 Å². The number of rotatable bonds is 0. The van der Waals surface area contributed by atoms with E-state index in [9.17, 15) is 0 Å². The van der Waals surface area contributed by atoms with E-state index in [2.05, 4.69) is 135 Å². The van der Waals surface area contributed by atoms with E-state index in [1.807, 2.05) is 18.2 Å². The van der Waals surface area contributed by atoms with Crippen LogP contribution in [0.5, 0.6) is 0 Å². The predicted octanol–water partition coefficient (Wildman–Crippen LogP) is 10.2. The Kier molecular flexibility index (Phi) is 8.72. The summed E-state index contributed by atoms with van der Waals surface area (Å²) in [5.74, 6) is 1.05. The normalized spacial score (nSPS) is 11.8. The molecule has 0 radical (unpaired) electrons. The number of furan rings is 1. The SMILES string of the molecule is CC(C)(C)c1cc2ccccc2o1.CC(C)(C)c1ccccc1.CC(C)(C)c1ccccc1.[3HH].[3HH]. The van der Waals surface area contributed by atoms with Gasteiger partial charge < -0.3 is 4.42 Å². The van der Waals surface area contributed by atoms with Crippen molar-refractivity contribution in [2.24, 2.45) is 0 Å². The highest BCUT2D eigenvalue weighted by molar-refractivity contribution is 5.77. The molecule has 180 valence electrons. The fourth-order valence-electron chi connectivity index (χ4n) is 3.23. The van der Waals surface area contributed by atoms with Crippen molar-refractivity contribution in [3.8, 4) is 0 Å². The van der Waals surface area contributed by atoms with Gasteiger partial charge >= 0.3 is 0 Å². The molecular formula is C32H46O. The summed E-state index contributed by atoms with van der Waals surface area (Å²) in [7, 11) is 0. The highest BCUT2D eigenvalue weighted by atomic mass is 16.3. The van der Waals surface area contributed by atoms with Crippen LogP contribution in [0, 0.1) is 0 Å². The first kappa shape index (κ1) is 26.5. The molecule has 0 aliphatic carbocycles. The third-order valence-corrected chi connectivity index (χ3v) is 5.44. The zero-order valence-corrected chi connectivity index (χ0v) is 22.1. The Bertz CT molecular complexity index is 1010. The van der Waals surface area contributed by atoms with Gasteiger partial charge in [-0.1, -0.05) is 141 Å². The first-order valence-corrected chi connectivity index (χ1v) is 11.9. The number of benzene rings is 3. The molecule has 4 rings (SSSR count). The van der Waals surface area contributed by atoms with Crippen molar-refractivity contribution in [3.63, 3.8) is 0 Å². The maximum Gasteiger partial charge on any atom is 0.134 e. The molecule has 0 spiro atoms. The number of fused-ring (bicyclic) bond motifs is 1. The zero-order chi connectivity index (χ0) is 24.7. The molecule has 0 amide bonds. The molecule has 0 saturated carbocycles. The van der Waals surface area contributed by atoms with Gasteiger partial charge in [0.2, 0.25) is 0 Å². The van der Waals surface area contributed by atoms with Crippen LogP contribution >= 0.6 is 0 Å². The van der Waals surface area contributed by atoms with E-state index in [-0.39, 0.29) is 8.27 Å². The Morgan fingerprint density at radius 1 is 0.485 bits per heavy atom. The van der Waals surface area contributed by atoms with E-state index in [4.69, 9.17) is 4.42 Å². The number of para-hydroxylation sites is 1. The molecule has 3 aromatic carbocycles. The van der Waals surface area contributed by atoms with Crippen molar-refractivity contribution < 1.29 is 7.27 Å². The van der Waals surface area contributed by atoms with E-state index in [1.54, 1.807) is 0 Å². The minimum Gasteiger partial charge on any atom is -0.461 e. The van der Waals surface area contributed by atoms with Crippen molar-refractivity contribution in [1.29, 1.82) is 0 Å². The van der Waals surface area contributed by atoms with Gasteiger partial charge in [-0.3, -0.25) is 0 Å². The minimum atomic E-state index is 0. The molecule has 0 saturated heterocycles. The fraction of sp³-hybridized carbons (Fsp3) is 0.375. The number of hydrogen-bond acceptors (Lipinski definition) is 1. The molecule has 0 atom stereocenters. The topological polar surface area (TPSA) is 13.1 Å². The second-order valence-electron chi connectivity index (χ2n) is 11.6. The van der Waals surface area contributed by atoms with Crippen LogP contribution in [0.25, 0.3) is 11.0 Å². The molecule has 1 heteroatoms. The standard InChI is InChI=1S/C12H14O.2C10H14.2H2/c1-12(2,3)11-8-9-6-4-5-7-10(9)13-11;2*1-10(2,3)9-7-5-4-6-8-9;;/h4-8H,1-3H3;2*4-8H,1-3H3;2*1H/i;;;2*1+2. The van der Waals surface area contributed by atoms with Crippen LogP contribution < -0.4 is 0 Å². The largest absolute Gasteiger partial charge is 0.461 e. The molecule has 4 aromatic rings. The zero-order valence-electron chi connectivity index (χ0n) is 22.1. The average molecular weight is 451 g/mol. The average Bonchev–Trinajstić information content (AvgIpc) is 3.20. The molecule has 0 fully saturated rings. The molecule has 0 aliphatic rings. The molecule has 33 heavy (non-hydrogen) atoms. The first-order valence-electron chi connectivity index (χ1n) is 11.9. The van der Waals surface area contributed by atoms with Crippen LogP contribution in [0.15, 0.2) is 95.4 Å². The van der Waals surface area contributed by atoms with E-state index in [0.29, 0.717) is 10.8 Å². The lowest BCUT2D eigenvalue weighted by Crippen LogP contribution is -2.10. The Labute approximate surface area is 204 Å². The van der Waals surface area contributed by atoms with E-state index in [0.717, 1.165) is 11.3 Å². The maximum absolute atomic E-state index is 5.73. The van der Waals surface area contributed by atoms with Crippen LogP contribution in [-0.2, 0) is 16.2 Å². The van der Waals surface area contributed by atoms with Gasteiger partial charge in [-0.25, -0.2) is 0 Å². The maximum atomic E-state index is 5.73. The Morgan fingerprint density at radius 3 is 1.21 bits per heavy atom. The quantitative estimate of drug-likeness (QED) is 0.260. The van der Waals surface area contributed by atoms with Crippen molar-refractivity contribution in [2.45, 2.75) is 78.6 Å². The summed E-state index contributed by atoms with van der Waals surface area (Å²) in [4.78, 5) is 0. The summed E-state index contributed by atoms with van der Waals surface area (Å²) in [6.07, 6.45) is 0. The van der Waals surface area contributed by atoms with Crippen molar-refractivity contribution in [1.82, 2.24) is 0 Å². The van der Waals surface area contributed by atoms with Gasteiger partial charge in [0, 0.05) is 13.7 Å². The first-order chi connectivity index (χ1) is 15.3. The van der Waals surface area contributed by atoms with Gasteiger partial charge in [0.25, 0.3) is 0 Å². The van der Waals surface area contributed by atoms with Crippen LogP contribution in [0.4, 0.5) is 0 Å². The Hall–Kier alpha value is -2.80. The molecule has 1 aromatic heterocycles. The number of hydrogen-bond donors (Lipinski definition) is 0. The highest BCUT2D eigenvalue weighted by Gasteiger charge is 2.18. The van der Waals surface area contributed by atoms with Crippen molar-refractivity contribution in [2.75, 3.05) is 0 Å². The molecule has 0 bridgehead atoms. The van der Waals surface area contributed by atoms with Gasteiger partial charge in [0.05, 0.1) is 0 Å². The molecule has 0 unspecified atom stereocenters. The molecule has 1 heterocycles. The summed E-state index contributed by atoms with van der Waals surface area (Å²) >= 11 is 0. The molecule has 1 nitrogen and oxygen atoms in total. The minimum absolute atomic E-state index is 0.